The number of nitrogens with one attached hydrogen (secondary N) is 1. The van der Waals surface area contributed by atoms with E-state index in [2.05, 4.69) is 5.16 Å². The van der Waals surface area contributed by atoms with Crippen LogP contribution in [0.15, 0.2) is 27.5 Å². The number of carboxylic acids is 1. The summed E-state index contributed by atoms with van der Waals surface area (Å²) in [5.74, 6) is -0.851. The van der Waals surface area contributed by atoms with E-state index in [0.29, 0.717) is 17.4 Å². The summed E-state index contributed by atoms with van der Waals surface area (Å²) in [6.45, 7) is 0. The summed E-state index contributed by atoms with van der Waals surface area (Å²) in [6, 6.07) is 5.06. The third-order valence-corrected chi connectivity index (χ3v) is 2.17. The Kier molecular flexibility index (Phi) is 2.29. The molecule has 78 valence electrons. The Bertz CT molecular complexity index is 552. The lowest BCUT2D eigenvalue weighted by atomic mass is 10.1. The van der Waals surface area contributed by atoms with Crippen LogP contribution < -0.4 is 5.56 Å². The molecule has 1 aromatic carbocycles. The van der Waals surface area contributed by atoms with Gasteiger partial charge in [-0.15, -0.1) is 0 Å². The fourth-order valence-corrected chi connectivity index (χ4v) is 1.41. The number of hydrogen-bond donors (Lipinski definition) is 2. The minimum atomic E-state index is -0.851. The number of aromatic amines is 1. The van der Waals surface area contributed by atoms with Gasteiger partial charge >= 0.3 is 5.97 Å². The Morgan fingerprint density at radius 1 is 1.47 bits per heavy atom. The van der Waals surface area contributed by atoms with Crippen LogP contribution in [0.5, 0.6) is 0 Å². The third kappa shape index (κ3) is 1.90. The molecule has 5 nitrogen and oxygen atoms in total. The molecule has 0 spiro atoms. The molecule has 2 aromatic rings. The molecular formula is C10H9NO4. The van der Waals surface area contributed by atoms with Gasteiger partial charge in [-0.1, -0.05) is 6.07 Å². The number of H-pyrrole nitrogens is 1. The Labute approximate surface area is 84.3 Å². The van der Waals surface area contributed by atoms with Crippen molar-refractivity contribution in [1.82, 2.24) is 5.16 Å². The molecule has 2 rings (SSSR count). The zero-order valence-corrected chi connectivity index (χ0v) is 7.82. The number of fused-ring (bicyclic) bond motifs is 1. The largest absolute Gasteiger partial charge is 0.481 e. The van der Waals surface area contributed by atoms with Crippen LogP contribution in [0.25, 0.3) is 11.0 Å². The van der Waals surface area contributed by atoms with Gasteiger partial charge in [-0.2, -0.15) is 5.16 Å². The number of aliphatic carboxylic acids is 1. The van der Waals surface area contributed by atoms with Crippen molar-refractivity contribution < 1.29 is 14.4 Å². The second-order valence-electron chi connectivity index (χ2n) is 3.26. The van der Waals surface area contributed by atoms with Gasteiger partial charge < -0.3 is 9.63 Å². The van der Waals surface area contributed by atoms with Crippen LogP contribution >= 0.6 is 0 Å². The molecule has 15 heavy (non-hydrogen) atoms. The number of aryl methyl sites for hydroxylation is 1. The molecule has 0 radical (unpaired) electrons. The number of carbonyl (C=O) groups is 1. The Morgan fingerprint density at radius 2 is 2.27 bits per heavy atom. The van der Waals surface area contributed by atoms with Crippen LogP contribution in [-0.2, 0) is 11.2 Å². The molecule has 1 heterocycles. The van der Waals surface area contributed by atoms with E-state index >= 15 is 0 Å². The Hall–Kier alpha value is -2.04. The molecule has 1 aromatic heterocycles. The topological polar surface area (TPSA) is 83.3 Å². The maximum absolute atomic E-state index is 11.2. The fraction of sp³-hybridized carbons (Fsp3) is 0.200. The summed E-state index contributed by atoms with van der Waals surface area (Å²) < 4.78 is 4.88. The van der Waals surface area contributed by atoms with E-state index < -0.39 is 5.97 Å². The lowest BCUT2D eigenvalue weighted by Gasteiger charge is -1.96. The van der Waals surface area contributed by atoms with Crippen molar-refractivity contribution in [1.29, 1.82) is 0 Å². The van der Waals surface area contributed by atoms with Crippen LogP contribution in [0.3, 0.4) is 0 Å². The van der Waals surface area contributed by atoms with Crippen molar-refractivity contribution in [3.8, 4) is 0 Å². The lowest BCUT2D eigenvalue weighted by molar-refractivity contribution is -0.136. The first kappa shape index (κ1) is 9.51. The highest BCUT2D eigenvalue weighted by Gasteiger charge is 2.05. The van der Waals surface area contributed by atoms with Gasteiger partial charge in [-0.25, -0.2) is 0 Å². The second kappa shape index (κ2) is 3.61. The molecule has 0 unspecified atom stereocenters. The van der Waals surface area contributed by atoms with Gasteiger partial charge in [0.1, 0.15) is 0 Å². The normalized spacial score (nSPS) is 10.7. The SMILES string of the molecule is O=C(O)CCc1ccc2o[nH]c(=O)c2c1. The molecule has 5 heteroatoms. The van der Waals surface area contributed by atoms with Gasteiger partial charge in [-0.05, 0) is 24.1 Å². The van der Waals surface area contributed by atoms with Crippen LogP contribution in [0.4, 0.5) is 0 Å². The average Bonchev–Trinajstić information content (AvgIpc) is 2.57. The zero-order chi connectivity index (χ0) is 10.8. The maximum atomic E-state index is 11.2. The van der Waals surface area contributed by atoms with Gasteiger partial charge in [-0.3, -0.25) is 9.59 Å². The van der Waals surface area contributed by atoms with E-state index in [1.807, 2.05) is 0 Å². The molecule has 0 saturated carbocycles. The monoisotopic (exact) mass is 207 g/mol. The number of carboxylic acid groups (broad SMARTS) is 1. The van der Waals surface area contributed by atoms with E-state index in [1.165, 1.54) is 0 Å². The number of hydrogen-bond acceptors (Lipinski definition) is 3. The second-order valence-corrected chi connectivity index (χ2v) is 3.26. The first-order valence-corrected chi connectivity index (χ1v) is 4.49. The highest BCUT2D eigenvalue weighted by molar-refractivity contribution is 5.76. The molecule has 0 amide bonds. The van der Waals surface area contributed by atoms with Gasteiger partial charge in [0.15, 0.2) is 5.58 Å². The van der Waals surface area contributed by atoms with Crippen LogP contribution in [0, 0.1) is 0 Å². The van der Waals surface area contributed by atoms with Crippen LogP contribution in [0.2, 0.25) is 0 Å². The number of benzene rings is 1. The van der Waals surface area contributed by atoms with Gasteiger partial charge in [0.05, 0.1) is 5.39 Å². The van der Waals surface area contributed by atoms with Crippen molar-refractivity contribution >= 4 is 16.9 Å². The van der Waals surface area contributed by atoms with Crippen molar-refractivity contribution in [2.24, 2.45) is 0 Å². The predicted octanol–water partition coefficient (Wildman–Crippen LogP) is 1.14. The van der Waals surface area contributed by atoms with E-state index in [0.717, 1.165) is 5.56 Å². The number of aromatic nitrogens is 1. The van der Waals surface area contributed by atoms with E-state index in [9.17, 15) is 9.59 Å². The standard InChI is InChI=1S/C10H9NO4/c12-9(13)4-2-6-1-3-8-7(5-6)10(14)11-15-8/h1,3,5H,2,4H2,(H,11,14)(H,12,13). The summed E-state index contributed by atoms with van der Waals surface area (Å²) in [4.78, 5) is 21.6. The van der Waals surface area contributed by atoms with Crippen molar-refractivity contribution in [2.45, 2.75) is 12.8 Å². The Morgan fingerprint density at radius 3 is 3.00 bits per heavy atom. The molecule has 0 aliphatic heterocycles. The minimum Gasteiger partial charge on any atom is -0.481 e. The molecule has 2 N–H and O–H groups in total. The van der Waals surface area contributed by atoms with Crippen molar-refractivity contribution in [3.05, 3.63) is 34.1 Å². The highest BCUT2D eigenvalue weighted by atomic mass is 16.5. The summed E-state index contributed by atoms with van der Waals surface area (Å²) in [5.41, 5.74) is 1.01. The Balaban J connectivity index is 2.33. The summed E-state index contributed by atoms with van der Waals surface area (Å²) in [7, 11) is 0. The molecule has 0 aliphatic carbocycles. The molecular weight excluding hydrogens is 198 g/mol. The smallest absolute Gasteiger partial charge is 0.303 e. The number of rotatable bonds is 3. The molecule has 0 saturated heterocycles. The summed E-state index contributed by atoms with van der Waals surface area (Å²) in [5, 5.41) is 11.2. The van der Waals surface area contributed by atoms with Gasteiger partial charge in [0.25, 0.3) is 5.56 Å². The maximum Gasteiger partial charge on any atom is 0.303 e. The quantitative estimate of drug-likeness (QED) is 0.790. The third-order valence-electron chi connectivity index (χ3n) is 2.17. The first-order valence-electron chi connectivity index (χ1n) is 4.49. The van der Waals surface area contributed by atoms with Crippen LogP contribution in [-0.4, -0.2) is 16.2 Å². The van der Waals surface area contributed by atoms with Gasteiger partial charge in [0.2, 0.25) is 0 Å². The molecule has 0 fully saturated rings. The summed E-state index contributed by atoms with van der Waals surface area (Å²) in [6.07, 6.45) is 0.469. The fourth-order valence-electron chi connectivity index (χ4n) is 1.41. The summed E-state index contributed by atoms with van der Waals surface area (Å²) >= 11 is 0. The van der Waals surface area contributed by atoms with Crippen molar-refractivity contribution in [2.75, 3.05) is 0 Å². The predicted molar refractivity (Wildman–Crippen MR) is 52.8 cm³/mol. The average molecular weight is 207 g/mol. The van der Waals surface area contributed by atoms with E-state index in [1.54, 1.807) is 18.2 Å². The van der Waals surface area contributed by atoms with E-state index in [-0.39, 0.29) is 12.0 Å². The van der Waals surface area contributed by atoms with Crippen molar-refractivity contribution in [3.63, 3.8) is 0 Å². The highest BCUT2D eigenvalue weighted by Crippen LogP contribution is 2.13. The first-order chi connectivity index (χ1) is 7.16. The lowest BCUT2D eigenvalue weighted by Crippen LogP contribution is -1.99. The van der Waals surface area contributed by atoms with Gasteiger partial charge in [0, 0.05) is 6.42 Å². The molecule has 0 atom stereocenters. The van der Waals surface area contributed by atoms with E-state index in [4.69, 9.17) is 9.63 Å². The molecule has 0 bridgehead atoms. The van der Waals surface area contributed by atoms with Crippen LogP contribution in [0.1, 0.15) is 12.0 Å². The molecule has 0 aliphatic rings. The minimum absolute atomic E-state index is 0.0568. The zero-order valence-electron chi connectivity index (χ0n) is 7.82.